The van der Waals surface area contributed by atoms with Crippen molar-refractivity contribution >= 4 is 16.9 Å². The lowest BCUT2D eigenvalue weighted by Gasteiger charge is -2.29. The minimum Gasteiger partial charge on any atom is -0.507 e. The number of aromatic hydroxyl groups is 2. The third-order valence-corrected chi connectivity index (χ3v) is 6.35. The maximum absolute atomic E-state index is 13.3. The molecule has 1 aliphatic heterocycles. The lowest BCUT2D eigenvalue weighted by Crippen LogP contribution is -2.41. The molecule has 0 bridgehead atoms. The van der Waals surface area contributed by atoms with Gasteiger partial charge in [-0.1, -0.05) is 60.7 Å². The molecule has 0 spiro atoms. The van der Waals surface area contributed by atoms with Crippen molar-refractivity contribution in [2.75, 3.05) is 26.3 Å². The molecule has 0 radical (unpaired) electrons. The minimum absolute atomic E-state index is 0.0303. The summed E-state index contributed by atoms with van der Waals surface area (Å²) >= 11 is 0. The number of fused-ring (bicyclic) bond motifs is 1. The van der Waals surface area contributed by atoms with Crippen LogP contribution in [0, 0.1) is 0 Å². The number of hydrogen-bond acceptors (Lipinski definition) is 6. The topological polar surface area (TPSA) is 100 Å². The number of benzene rings is 3. The number of nitrogens with zero attached hydrogens (tertiary/aromatic N) is 1. The molecular formula is C28H25NO6. The predicted molar refractivity (Wildman–Crippen MR) is 132 cm³/mol. The maximum atomic E-state index is 13.3. The van der Waals surface area contributed by atoms with Crippen LogP contribution < -0.4 is 5.43 Å². The predicted octanol–water partition coefficient (Wildman–Crippen LogP) is 4.25. The molecule has 3 aromatic carbocycles. The molecular weight excluding hydrogens is 446 g/mol. The normalized spacial score (nSPS) is 14.7. The quantitative estimate of drug-likeness (QED) is 0.451. The number of carbonyl (C=O) groups excluding carboxylic acids is 1. The first-order valence-electron chi connectivity index (χ1n) is 11.5. The number of hydrogen-bond donors (Lipinski definition) is 2. The molecule has 5 rings (SSSR count). The summed E-state index contributed by atoms with van der Waals surface area (Å²) in [5.41, 5.74) is 1.39. The molecule has 1 fully saturated rings. The van der Waals surface area contributed by atoms with Gasteiger partial charge >= 0.3 is 0 Å². The molecule has 1 atom stereocenters. The fraction of sp³-hybridized carbons (Fsp3) is 0.214. The van der Waals surface area contributed by atoms with Crippen LogP contribution in [-0.4, -0.2) is 47.3 Å². The molecule has 2 heterocycles. The van der Waals surface area contributed by atoms with E-state index in [1.54, 1.807) is 4.90 Å². The van der Waals surface area contributed by atoms with E-state index in [-0.39, 0.29) is 34.8 Å². The van der Waals surface area contributed by atoms with Crippen LogP contribution in [0.3, 0.4) is 0 Å². The second kappa shape index (κ2) is 9.64. The van der Waals surface area contributed by atoms with Crippen LogP contribution in [0.5, 0.6) is 11.5 Å². The highest BCUT2D eigenvalue weighted by molar-refractivity contribution is 5.91. The SMILES string of the molecule is O=C(CC(c1ccccc1)c1c(O)cc(O)c2c(=O)cc(-c3ccccc3)oc12)N1CCOCC1. The molecule has 0 aliphatic carbocycles. The van der Waals surface area contributed by atoms with Crippen LogP contribution in [0.25, 0.3) is 22.3 Å². The van der Waals surface area contributed by atoms with E-state index < -0.39 is 11.3 Å². The smallest absolute Gasteiger partial charge is 0.223 e. The number of morpholine rings is 1. The van der Waals surface area contributed by atoms with Crippen molar-refractivity contribution < 1.29 is 24.2 Å². The Morgan fingerprint density at radius 2 is 1.57 bits per heavy atom. The Bertz CT molecular complexity index is 1410. The molecule has 1 aliphatic rings. The summed E-state index contributed by atoms with van der Waals surface area (Å²) in [6, 6.07) is 20.9. The molecule has 178 valence electrons. The summed E-state index contributed by atoms with van der Waals surface area (Å²) in [4.78, 5) is 28.1. The Hall–Kier alpha value is -4.10. The van der Waals surface area contributed by atoms with Crippen molar-refractivity contribution in [2.24, 2.45) is 0 Å². The average molecular weight is 472 g/mol. The van der Waals surface area contributed by atoms with Crippen molar-refractivity contribution in [3.63, 3.8) is 0 Å². The maximum Gasteiger partial charge on any atom is 0.223 e. The van der Waals surface area contributed by atoms with E-state index in [9.17, 15) is 19.8 Å². The summed E-state index contributed by atoms with van der Waals surface area (Å²) in [5, 5.41) is 21.5. The van der Waals surface area contributed by atoms with Gasteiger partial charge in [-0.25, -0.2) is 0 Å². The van der Waals surface area contributed by atoms with Crippen LogP contribution in [0.2, 0.25) is 0 Å². The van der Waals surface area contributed by atoms with Crippen molar-refractivity contribution in [2.45, 2.75) is 12.3 Å². The van der Waals surface area contributed by atoms with Gasteiger partial charge in [0.15, 0.2) is 5.43 Å². The number of carbonyl (C=O) groups is 1. The van der Waals surface area contributed by atoms with Crippen LogP contribution in [0.15, 0.2) is 82.0 Å². The minimum atomic E-state index is -0.608. The van der Waals surface area contributed by atoms with Gasteiger partial charge in [0.05, 0.1) is 13.2 Å². The van der Waals surface area contributed by atoms with Crippen molar-refractivity contribution in [1.82, 2.24) is 4.90 Å². The summed E-state index contributed by atoms with van der Waals surface area (Å²) < 4.78 is 11.6. The Labute approximate surface area is 201 Å². The van der Waals surface area contributed by atoms with Gasteiger partial charge in [0.2, 0.25) is 5.91 Å². The number of phenols is 2. The number of rotatable bonds is 5. The number of phenolic OH excluding ortho intramolecular Hbond substituents is 2. The third kappa shape index (κ3) is 4.50. The highest BCUT2D eigenvalue weighted by atomic mass is 16.5. The summed E-state index contributed by atoms with van der Waals surface area (Å²) in [5.74, 6) is -1.01. The van der Waals surface area contributed by atoms with Gasteiger partial charge < -0.3 is 24.3 Å². The summed E-state index contributed by atoms with van der Waals surface area (Å²) in [7, 11) is 0. The highest BCUT2D eigenvalue weighted by Gasteiger charge is 2.29. The molecule has 35 heavy (non-hydrogen) atoms. The lowest BCUT2D eigenvalue weighted by atomic mass is 9.86. The van der Waals surface area contributed by atoms with Gasteiger partial charge in [-0.05, 0) is 5.56 Å². The molecule has 1 saturated heterocycles. The molecule has 0 saturated carbocycles. The van der Waals surface area contributed by atoms with Crippen LogP contribution >= 0.6 is 0 Å². The van der Waals surface area contributed by atoms with Gasteiger partial charge in [-0.3, -0.25) is 9.59 Å². The van der Waals surface area contributed by atoms with E-state index in [0.717, 1.165) is 11.6 Å². The first-order chi connectivity index (χ1) is 17.0. The van der Waals surface area contributed by atoms with Crippen LogP contribution in [-0.2, 0) is 9.53 Å². The van der Waals surface area contributed by atoms with Gasteiger partial charge in [-0.15, -0.1) is 0 Å². The van der Waals surface area contributed by atoms with E-state index in [1.165, 1.54) is 6.07 Å². The fourth-order valence-corrected chi connectivity index (χ4v) is 4.59. The fourth-order valence-electron chi connectivity index (χ4n) is 4.59. The summed E-state index contributed by atoms with van der Waals surface area (Å²) in [6.07, 6.45) is 0.0523. The van der Waals surface area contributed by atoms with E-state index in [0.29, 0.717) is 43.2 Å². The monoisotopic (exact) mass is 471 g/mol. The first kappa shape index (κ1) is 22.7. The van der Waals surface area contributed by atoms with E-state index in [4.69, 9.17) is 9.15 Å². The van der Waals surface area contributed by atoms with Gasteiger partial charge in [0.25, 0.3) is 0 Å². The second-order valence-corrected chi connectivity index (χ2v) is 8.53. The summed E-state index contributed by atoms with van der Waals surface area (Å²) in [6.45, 7) is 1.95. The third-order valence-electron chi connectivity index (χ3n) is 6.35. The Morgan fingerprint density at radius 3 is 2.26 bits per heavy atom. The first-order valence-corrected chi connectivity index (χ1v) is 11.5. The van der Waals surface area contributed by atoms with Crippen LogP contribution in [0.1, 0.15) is 23.5 Å². The zero-order chi connectivity index (χ0) is 24.4. The Morgan fingerprint density at radius 1 is 0.914 bits per heavy atom. The second-order valence-electron chi connectivity index (χ2n) is 8.53. The average Bonchev–Trinajstić information content (AvgIpc) is 2.89. The molecule has 4 aromatic rings. The Kier molecular flexibility index (Phi) is 6.25. The van der Waals surface area contributed by atoms with E-state index in [2.05, 4.69) is 0 Å². The molecule has 7 heteroatoms. The lowest BCUT2D eigenvalue weighted by molar-refractivity contribution is -0.135. The van der Waals surface area contributed by atoms with Crippen molar-refractivity contribution in [3.8, 4) is 22.8 Å². The zero-order valence-electron chi connectivity index (χ0n) is 19.0. The zero-order valence-corrected chi connectivity index (χ0v) is 19.0. The molecule has 1 amide bonds. The molecule has 2 N–H and O–H groups in total. The van der Waals surface area contributed by atoms with Gasteiger partial charge in [-0.2, -0.15) is 0 Å². The van der Waals surface area contributed by atoms with Crippen molar-refractivity contribution in [3.05, 3.63) is 94.1 Å². The highest BCUT2D eigenvalue weighted by Crippen LogP contribution is 2.43. The molecule has 1 aromatic heterocycles. The van der Waals surface area contributed by atoms with Crippen molar-refractivity contribution in [1.29, 1.82) is 0 Å². The number of amides is 1. The molecule has 1 unspecified atom stereocenters. The van der Waals surface area contributed by atoms with Gasteiger partial charge in [0, 0.05) is 48.7 Å². The van der Waals surface area contributed by atoms with Crippen LogP contribution in [0.4, 0.5) is 0 Å². The standard InChI is InChI=1S/C28H25NO6/c30-21-16-22(31)27-23(32)17-24(19-9-5-2-6-10-19)35-28(27)26(21)20(18-7-3-1-4-8-18)15-25(33)29-11-13-34-14-12-29/h1-10,16-17,20,30-31H,11-15H2. The van der Waals surface area contributed by atoms with E-state index >= 15 is 0 Å². The largest absolute Gasteiger partial charge is 0.507 e. The Balaban J connectivity index is 1.71. The number of ether oxygens (including phenoxy) is 1. The molecule has 7 nitrogen and oxygen atoms in total. The van der Waals surface area contributed by atoms with E-state index in [1.807, 2.05) is 60.7 Å². The van der Waals surface area contributed by atoms with Gasteiger partial charge in [0.1, 0.15) is 28.2 Å².